The lowest BCUT2D eigenvalue weighted by atomic mass is 9.73. The molecule has 6 nitrogen and oxygen atoms in total. The average Bonchev–Trinajstić information content (AvgIpc) is 3.35. The Balaban J connectivity index is 1.39. The Kier molecular flexibility index (Phi) is 4.84. The van der Waals surface area contributed by atoms with Crippen molar-refractivity contribution in [3.05, 3.63) is 29.8 Å². The van der Waals surface area contributed by atoms with Gasteiger partial charge in [0, 0.05) is 36.9 Å². The van der Waals surface area contributed by atoms with Gasteiger partial charge in [-0.3, -0.25) is 9.59 Å². The van der Waals surface area contributed by atoms with Crippen molar-refractivity contribution < 1.29 is 19.1 Å². The second kappa shape index (κ2) is 7.15. The van der Waals surface area contributed by atoms with Crippen LogP contribution in [0.1, 0.15) is 43.0 Å². The van der Waals surface area contributed by atoms with Crippen LogP contribution in [0.3, 0.4) is 0 Å². The van der Waals surface area contributed by atoms with E-state index in [2.05, 4.69) is 5.32 Å². The number of nitrogens with zero attached hydrogens (tertiary/aromatic N) is 1. The van der Waals surface area contributed by atoms with Crippen molar-refractivity contribution in [3.63, 3.8) is 0 Å². The van der Waals surface area contributed by atoms with Crippen molar-refractivity contribution >= 4 is 11.8 Å². The lowest BCUT2D eigenvalue weighted by molar-refractivity contribution is -0.131. The Morgan fingerprint density at radius 1 is 1.33 bits per heavy atom. The summed E-state index contributed by atoms with van der Waals surface area (Å²) in [6, 6.07) is 7.12. The Labute approximate surface area is 160 Å². The SMILES string of the molecule is CCCC(=O)N1C[C@@H]2[C@H](CNC(=O)c3ccc(OC)cc3)[C@H]3CC[C@]2(C1)O3. The molecule has 4 rings (SSSR count). The van der Waals surface area contributed by atoms with Gasteiger partial charge in [-0.1, -0.05) is 6.92 Å². The Morgan fingerprint density at radius 3 is 2.81 bits per heavy atom. The number of nitrogens with one attached hydrogen (secondary N) is 1. The number of hydrogen-bond acceptors (Lipinski definition) is 4. The van der Waals surface area contributed by atoms with Gasteiger partial charge in [0.1, 0.15) is 5.75 Å². The van der Waals surface area contributed by atoms with Gasteiger partial charge in [-0.15, -0.1) is 0 Å². The van der Waals surface area contributed by atoms with Crippen molar-refractivity contribution in [2.75, 3.05) is 26.7 Å². The molecule has 1 aromatic rings. The van der Waals surface area contributed by atoms with Crippen LogP contribution in [0.25, 0.3) is 0 Å². The molecule has 1 spiro atoms. The summed E-state index contributed by atoms with van der Waals surface area (Å²) in [7, 11) is 1.61. The molecule has 6 heteroatoms. The topological polar surface area (TPSA) is 67.9 Å². The second-order valence-corrected chi connectivity index (χ2v) is 7.99. The highest BCUT2D eigenvalue weighted by Crippen LogP contribution is 2.54. The van der Waals surface area contributed by atoms with Crippen LogP contribution in [0.15, 0.2) is 24.3 Å². The van der Waals surface area contributed by atoms with E-state index in [4.69, 9.17) is 9.47 Å². The molecule has 0 aromatic heterocycles. The van der Waals surface area contributed by atoms with Crippen LogP contribution in [0.2, 0.25) is 0 Å². The lowest BCUT2D eigenvalue weighted by Gasteiger charge is -2.29. The minimum Gasteiger partial charge on any atom is -0.497 e. The fourth-order valence-corrected chi connectivity index (χ4v) is 5.08. The number of rotatable bonds is 6. The van der Waals surface area contributed by atoms with Crippen molar-refractivity contribution in [1.29, 1.82) is 0 Å². The molecule has 27 heavy (non-hydrogen) atoms. The quantitative estimate of drug-likeness (QED) is 0.832. The van der Waals surface area contributed by atoms with Crippen molar-refractivity contribution in [1.82, 2.24) is 10.2 Å². The molecule has 0 radical (unpaired) electrons. The van der Waals surface area contributed by atoms with E-state index in [9.17, 15) is 9.59 Å². The molecular formula is C21H28N2O4. The molecule has 2 bridgehead atoms. The first-order chi connectivity index (χ1) is 13.1. The molecule has 3 heterocycles. The summed E-state index contributed by atoms with van der Waals surface area (Å²) in [5.41, 5.74) is 0.449. The zero-order valence-electron chi connectivity index (χ0n) is 16.1. The molecule has 0 saturated carbocycles. The third kappa shape index (κ3) is 3.20. The van der Waals surface area contributed by atoms with E-state index in [1.54, 1.807) is 31.4 Å². The van der Waals surface area contributed by atoms with Crippen LogP contribution < -0.4 is 10.1 Å². The zero-order chi connectivity index (χ0) is 19.0. The third-order valence-electron chi connectivity index (χ3n) is 6.45. The number of hydrogen-bond donors (Lipinski definition) is 1. The average molecular weight is 372 g/mol. The lowest BCUT2D eigenvalue weighted by Crippen LogP contribution is -2.41. The maximum atomic E-state index is 12.5. The van der Waals surface area contributed by atoms with Crippen molar-refractivity contribution in [2.45, 2.75) is 44.3 Å². The molecular weight excluding hydrogens is 344 g/mol. The fourth-order valence-electron chi connectivity index (χ4n) is 5.08. The largest absolute Gasteiger partial charge is 0.497 e. The van der Waals surface area contributed by atoms with E-state index in [-0.39, 0.29) is 29.4 Å². The molecule has 3 fully saturated rings. The summed E-state index contributed by atoms with van der Waals surface area (Å²) in [4.78, 5) is 26.8. The van der Waals surface area contributed by atoms with Gasteiger partial charge >= 0.3 is 0 Å². The summed E-state index contributed by atoms with van der Waals surface area (Å²) >= 11 is 0. The second-order valence-electron chi connectivity index (χ2n) is 7.99. The molecule has 146 valence electrons. The Hall–Kier alpha value is -2.08. The molecule has 0 aliphatic carbocycles. The summed E-state index contributed by atoms with van der Waals surface area (Å²) in [5, 5.41) is 3.08. The maximum absolute atomic E-state index is 12.5. The van der Waals surface area contributed by atoms with E-state index in [1.165, 1.54) is 0 Å². The van der Waals surface area contributed by atoms with Gasteiger partial charge < -0.3 is 19.7 Å². The molecule has 4 atom stereocenters. The molecule has 3 aliphatic rings. The van der Waals surface area contributed by atoms with Gasteiger partial charge in [0.15, 0.2) is 0 Å². The van der Waals surface area contributed by atoms with Gasteiger partial charge in [0.2, 0.25) is 5.91 Å². The number of amides is 2. The molecule has 0 unspecified atom stereocenters. The van der Waals surface area contributed by atoms with E-state index in [0.717, 1.165) is 38.1 Å². The third-order valence-corrected chi connectivity index (χ3v) is 6.45. The van der Waals surface area contributed by atoms with Crippen LogP contribution in [-0.2, 0) is 9.53 Å². The fraction of sp³-hybridized carbons (Fsp3) is 0.619. The highest BCUT2D eigenvalue weighted by Gasteiger charge is 2.63. The number of methoxy groups -OCH3 is 1. The summed E-state index contributed by atoms with van der Waals surface area (Å²) in [6.07, 6.45) is 3.73. The number of carbonyl (C=O) groups is 2. The molecule has 2 amide bonds. The highest BCUT2D eigenvalue weighted by atomic mass is 16.5. The van der Waals surface area contributed by atoms with Crippen molar-refractivity contribution in [2.24, 2.45) is 11.8 Å². The first kappa shape index (κ1) is 18.3. The van der Waals surface area contributed by atoms with Crippen molar-refractivity contribution in [3.8, 4) is 5.75 Å². The van der Waals surface area contributed by atoms with Crippen LogP contribution in [0, 0.1) is 11.8 Å². The minimum atomic E-state index is -0.177. The zero-order valence-corrected chi connectivity index (χ0v) is 16.1. The van der Waals surface area contributed by atoms with E-state index < -0.39 is 0 Å². The standard InChI is InChI=1S/C21H28N2O4/c1-3-4-19(24)23-12-17-16(18-9-10-21(17,13-23)27-18)11-22-20(25)14-5-7-15(26-2)8-6-14/h5-8,16-18H,3-4,9-13H2,1-2H3,(H,22,25)/t16-,17+,18+,21+/m0/s1. The predicted molar refractivity (Wildman–Crippen MR) is 101 cm³/mol. The van der Waals surface area contributed by atoms with E-state index in [0.29, 0.717) is 24.4 Å². The normalized spacial score (nSPS) is 31.0. The Bertz CT molecular complexity index is 719. The summed E-state index contributed by atoms with van der Waals surface area (Å²) in [5.74, 6) is 1.49. The first-order valence-corrected chi connectivity index (χ1v) is 9.94. The number of fused-ring (bicyclic) bond motifs is 1. The molecule has 1 N–H and O–H groups in total. The number of carbonyl (C=O) groups excluding carboxylic acids is 2. The monoisotopic (exact) mass is 372 g/mol. The minimum absolute atomic E-state index is 0.0774. The smallest absolute Gasteiger partial charge is 0.251 e. The van der Waals surface area contributed by atoms with Gasteiger partial charge in [-0.2, -0.15) is 0 Å². The van der Waals surface area contributed by atoms with Gasteiger partial charge in [-0.25, -0.2) is 0 Å². The van der Waals surface area contributed by atoms with E-state index >= 15 is 0 Å². The van der Waals surface area contributed by atoms with Gasteiger partial charge in [0.05, 0.1) is 25.4 Å². The van der Waals surface area contributed by atoms with Crippen LogP contribution in [0.4, 0.5) is 0 Å². The predicted octanol–water partition coefficient (Wildman–Crippen LogP) is 2.23. The number of ether oxygens (including phenoxy) is 2. The first-order valence-electron chi connectivity index (χ1n) is 9.94. The molecule has 3 aliphatic heterocycles. The van der Waals surface area contributed by atoms with Gasteiger partial charge in [-0.05, 0) is 43.5 Å². The van der Waals surface area contributed by atoms with Gasteiger partial charge in [0.25, 0.3) is 5.91 Å². The molecule has 1 aromatic carbocycles. The number of benzene rings is 1. The molecule has 3 saturated heterocycles. The van der Waals surface area contributed by atoms with E-state index in [1.807, 2.05) is 11.8 Å². The maximum Gasteiger partial charge on any atom is 0.251 e. The van der Waals surface area contributed by atoms with Crippen LogP contribution in [0.5, 0.6) is 5.75 Å². The van der Waals surface area contributed by atoms with Crippen LogP contribution in [-0.4, -0.2) is 55.2 Å². The highest BCUT2D eigenvalue weighted by molar-refractivity contribution is 5.94. The summed E-state index contributed by atoms with van der Waals surface area (Å²) < 4.78 is 11.5. The van der Waals surface area contributed by atoms with Crippen LogP contribution >= 0.6 is 0 Å². The number of likely N-dealkylation sites (tertiary alicyclic amines) is 1. The Morgan fingerprint density at radius 2 is 2.11 bits per heavy atom. The summed E-state index contributed by atoms with van der Waals surface area (Å²) in [6.45, 7) is 4.11.